The van der Waals surface area contributed by atoms with Crippen molar-refractivity contribution in [1.82, 2.24) is 0 Å². The largest absolute Gasteiger partial charge is 0.451 e. The van der Waals surface area contributed by atoms with Crippen LogP contribution < -0.4 is 0 Å². The molecule has 0 N–H and O–H groups in total. The van der Waals surface area contributed by atoms with E-state index in [-0.39, 0.29) is 12.4 Å². The van der Waals surface area contributed by atoms with Crippen LogP contribution in [0.4, 0.5) is 0 Å². The van der Waals surface area contributed by atoms with Crippen molar-refractivity contribution in [3.8, 4) is 0 Å². The molecule has 14 heavy (non-hydrogen) atoms. The molecule has 0 radical (unpaired) electrons. The average Bonchev–Trinajstić information content (AvgIpc) is 2.18. The highest BCUT2D eigenvalue weighted by Crippen LogP contribution is 2.09. The third-order valence-electron chi connectivity index (χ3n) is 1.74. The summed E-state index contributed by atoms with van der Waals surface area (Å²) in [4.78, 5) is 11.7. The second-order valence-corrected chi connectivity index (χ2v) is 4.38. The summed E-state index contributed by atoms with van der Waals surface area (Å²) in [6, 6.07) is 7.06. The lowest BCUT2D eigenvalue weighted by Crippen LogP contribution is -2.01. The summed E-state index contributed by atoms with van der Waals surface area (Å²) >= 11 is 0. The number of hydrogen-bond acceptors (Lipinski definition) is 3. The van der Waals surface area contributed by atoms with Gasteiger partial charge >= 0.3 is 5.97 Å². The van der Waals surface area contributed by atoms with Gasteiger partial charge in [0.25, 0.3) is 0 Å². The first-order valence-electron chi connectivity index (χ1n) is 3.95. The minimum atomic E-state index is -0.972. The van der Waals surface area contributed by atoms with E-state index in [4.69, 9.17) is 0 Å². The normalized spacial score (nSPS) is 12.1. The summed E-state index contributed by atoms with van der Waals surface area (Å²) in [7, 11) is 0.944. The first-order valence-corrected chi connectivity index (χ1v) is 5.98. The third-order valence-corrected chi connectivity index (χ3v) is 2.93. The topological polar surface area (TPSA) is 43.4 Å². The molecule has 1 aromatic carbocycles. The Kier molecular flexibility index (Phi) is 4.23. The van der Waals surface area contributed by atoms with E-state index in [2.05, 4.69) is 4.52 Å². The lowest BCUT2D eigenvalue weighted by Gasteiger charge is -2.00. The SMILES string of the molecule is CS(=O)c1ccc(CC(=O)OP)cc1. The van der Waals surface area contributed by atoms with Gasteiger partial charge in [0.05, 0.1) is 15.9 Å². The molecule has 0 aliphatic heterocycles. The zero-order valence-corrected chi connectivity index (χ0v) is 9.70. The van der Waals surface area contributed by atoms with Gasteiger partial charge in [0.15, 0.2) is 0 Å². The zero-order chi connectivity index (χ0) is 10.6. The minimum absolute atomic E-state index is 0.236. The fourth-order valence-corrected chi connectivity index (χ4v) is 1.61. The van der Waals surface area contributed by atoms with Crippen LogP contribution in [-0.2, 0) is 26.5 Å². The van der Waals surface area contributed by atoms with Crippen molar-refractivity contribution >= 4 is 26.2 Å². The van der Waals surface area contributed by atoms with Crippen LogP contribution in [0, 0.1) is 0 Å². The van der Waals surface area contributed by atoms with Gasteiger partial charge in [-0.3, -0.25) is 9.00 Å². The van der Waals surface area contributed by atoms with Gasteiger partial charge in [-0.25, -0.2) is 0 Å². The lowest BCUT2D eigenvalue weighted by molar-refractivity contribution is -0.132. The number of carbonyl (C=O) groups is 1. The molecule has 0 saturated carbocycles. The van der Waals surface area contributed by atoms with Crippen molar-refractivity contribution in [3.63, 3.8) is 0 Å². The predicted molar refractivity (Wildman–Crippen MR) is 58.3 cm³/mol. The Morgan fingerprint density at radius 2 is 2.00 bits per heavy atom. The summed E-state index contributed by atoms with van der Waals surface area (Å²) in [6.45, 7) is 0. The molecule has 0 bridgehead atoms. The van der Waals surface area contributed by atoms with Crippen molar-refractivity contribution in [3.05, 3.63) is 29.8 Å². The van der Waals surface area contributed by atoms with Crippen LogP contribution in [0.5, 0.6) is 0 Å². The van der Waals surface area contributed by atoms with Gasteiger partial charge in [-0.1, -0.05) is 12.1 Å². The van der Waals surface area contributed by atoms with Crippen LogP contribution in [0.1, 0.15) is 5.56 Å². The molecule has 2 unspecified atom stereocenters. The van der Waals surface area contributed by atoms with Gasteiger partial charge in [-0.15, -0.1) is 0 Å². The summed E-state index contributed by atoms with van der Waals surface area (Å²) in [6.07, 6.45) is 1.85. The van der Waals surface area contributed by atoms with E-state index < -0.39 is 10.8 Å². The second kappa shape index (κ2) is 5.23. The Hall–Kier alpha value is -0.730. The summed E-state index contributed by atoms with van der Waals surface area (Å²) < 4.78 is 15.5. The first kappa shape index (κ1) is 11.3. The van der Waals surface area contributed by atoms with Gasteiger partial charge in [0.1, 0.15) is 0 Å². The molecule has 0 aliphatic carbocycles. The summed E-state index contributed by atoms with van der Waals surface area (Å²) in [5.41, 5.74) is 0.853. The minimum Gasteiger partial charge on any atom is -0.451 e. The quantitative estimate of drug-likeness (QED) is 0.735. The Morgan fingerprint density at radius 1 is 1.43 bits per heavy atom. The van der Waals surface area contributed by atoms with Crippen molar-refractivity contribution in [2.75, 3.05) is 6.26 Å². The lowest BCUT2D eigenvalue weighted by atomic mass is 10.2. The molecule has 0 saturated heterocycles. The highest BCUT2D eigenvalue weighted by Gasteiger charge is 2.03. The van der Waals surface area contributed by atoms with Crippen LogP contribution >= 0.6 is 9.47 Å². The molecule has 3 nitrogen and oxygen atoms in total. The Balaban J connectivity index is 2.73. The van der Waals surface area contributed by atoms with Gasteiger partial charge in [-0.05, 0) is 17.7 Å². The maximum absolute atomic E-state index is 11.1. The average molecular weight is 230 g/mol. The Bertz CT molecular complexity index is 348. The fraction of sp³-hybridized carbons (Fsp3) is 0.222. The summed E-state index contributed by atoms with van der Waals surface area (Å²) in [5, 5.41) is 0. The predicted octanol–water partition coefficient (Wildman–Crippen LogP) is 1.30. The standard InChI is InChI=1S/C9H11O3PS/c1-14(11)8-4-2-7(3-5-8)6-9(10)12-13/h2-5H,6,13H2,1H3. The van der Waals surface area contributed by atoms with Gasteiger partial charge in [0.2, 0.25) is 0 Å². The molecule has 2 atom stereocenters. The van der Waals surface area contributed by atoms with Crippen molar-refractivity contribution < 1.29 is 13.5 Å². The smallest absolute Gasteiger partial charge is 0.312 e. The molecular weight excluding hydrogens is 219 g/mol. The highest BCUT2D eigenvalue weighted by atomic mass is 32.2. The number of benzene rings is 1. The zero-order valence-electron chi connectivity index (χ0n) is 7.73. The molecule has 0 heterocycles. The third kappa shape index (κ3) is 3.20. The van der Waals surface area contributed by atoms with E-state index in [0.717, 1.165) is 10.5 Å². The first-order chi connectivity index (χ1) is 6.63. The van der Waals surface area contributed by atoms with E-state index in [1.165, 1.54) is 0 Å². The van der Waals surface area contributed by atoms with Crippen LogP contribution in [0.3, 0.4) is 0 Å². The molecular formula is C9H11O3PS. The van der Waals surface area contributed by atoms with E-state index in [1.54, 1.807) is 30.5 Å². The van der Waals surface area contributed by atoms with Crippen LogP contribution in [-0.4, -0.2) is 16.4 Å². The van der Waals surface area contributed by atoms with Crippen LogP contribution in [0.25, 0.3) is 0 Å². The molecule has 0 aromatic heterocycles. The van der Waals surface area contributed by atoms with Crippen molar-refractivity contribution in [2.24, 2.45) is 0 Å². The van der Waals surface area contributed by atoms with Gasteiger partial charge in [0, 0.05) is 22.0 Å². The van der Waals surface area contributed by atoms with E-state index in [1.807, 2.05) is 9.47 Å². The van der Waals surface area contributed by atoms with E-state index >= 15 is 0 Å². The summed E-state index contributed by atoms with van der Waals surface area (Å²) in [5.74, 6) is -0.305. The maximum atomic E-state index is 11.1. The maximum Gasteiger partial charge on any atom is 0.312 e. The molecule has 0 amide bonds. The Labute approximate surface area is 87.6 Å². The molecule has 1 aromatic rings. The molecule has 5 heteroatoms. The molecule has 0 fully saturated rings. The van der Waals surface area contributed by atoms with Gasteiger partial charge < -0.3 is 4.52 Å². The van der Waals surface area contributed by atoms with E-state index in [0.29, 0.717) is 0 Å². The number of hydrogen-bond donors (Lipinski definition) is 0. The van der Waals surface area contributed by atoms with Crippen molar-refractivity contribution in [1.29, 1.82) is 0 Å². The number of carbonyl (C=O) groups excluding carboxylic acids is 1. The fourth-order valence-electron chi connectivity index (χ4n) is 1.01. The molecule has 1 rings (SSSR count). The van der Waals surface area contributed by atoms with E-state index in [9.17, 15) is 9.00 Å². The molecule has 0 aliphatic rings. The second-order valence-electron chi connectivity index (χ2n) is 2.76. The van der Waals surface area contributed by atoms with Crippen molar-refractivity contribution in [2.45, 2.75) is 11.3 Å². The Morgan fingerprint density at radius 3 is 2.43 bits per heavy atom. The monoisotopic (exact) mass is 230 g/mol. The van der Waals surface area contributed by atoms with Crippen LogP contribution in [0.15, 0.2) is 29.2 Å². The van der Waals surface area contributed by atoms with Gasteiger partial charge in [-0.2, -0.15) is 0 Å². The molecule has 76 valence electrons. The number of rotatable bonds is 3. The van der Waals surface area contributed by atoms with Crippen LogP contribution in [0.2, 0.25) is 0 Å². The molecule has 0 spiro atoms. The highest BCUT2D eigenvalue weighted by molar-refractivity contribution is 7.84.